The summed E-state index contributed by atoms with van der Waals surface area (Å²) in [7, 11) is 0. The maximum absolute atomic E-state index is 12.7. The highest BCUT2D eigenvalue weighted by Crippen LogP contribution is 2.06. The molecule has 0 radical (unpaired) electrons. The average Bonchev–Trinajstić information content (AvgIpc) is 2.70. The van der Waals surface area contributed by atoms with E-state index in [1.165, 1.54) is 13.8 Å². The van der Waals surface area contributed by atoms with Crippen molar-refractivity contribution in [2.24, 2.45) is 17.4 Å². The van der Waals surface area contributed by atoms with E-state index in [1.807, 2.05) is 0 Å². The molecule has 192 valence electrons. The lowest BCUT2D eigenvalue weighted by atomic mass is 10.0. The minimum Gasteiger partial charge on any atom is -0.481 e. The van der Waals surface area contributed by atoms with Crippen LogP contribution in [0.4, 0.5) is 0 Å². The average molecular weight is 489 g/mol. The van der Waals surface area contributed by atoms with Gasteiger partial charge in [-0.2, -0.15) is 0 Å². The van der Waals surface area contributed by atoms with Gasteiger partial charge in [0.15, 0.2) is 0 Å². The van der Waals surface area contributed by atoms with Crippen LogP contribution in [0.1, 0.15) is 46.0 Å². The molecule has 0 aromatic heterocycles. The van der Waals surface area contributed by atoms with E-state index in [1.54, 1.807) is 0 Å². The van der Waals surface area contributed by atoms with Crippen molar-refractivity contribution in [3.05, 3.63) is 0 Å². The molecular formula is C19H31N5O10. The zero-order valence-electron chi connectivity index (χ0n) is 18.8. The van der Waals surface area contributed by atoms with E-state index in [9.17, 15) is 38.7 Å². The molecule has 0 aliphatic rings. The van der Waals surface area contributed by atoms with Crippen LogP contribution in [0, 0.1) is 5.92 Å². The number of amides is 4. The summed E-state index contributed by atoms with van der Waals surface area (Å²) in [6, 6.07) is -5.85. The van der Waals surface area contributed by atoms with Gasteiger partial charge < -0.3 is 42.7 Å². The first-order chi connectivity index (χ1) is 15.6. The number of primary amides is 1. The predicted octanol–water partition coefficient (Wildman–Crippen LogP) is -2.89. The van der Waals surface area contributed by atoms with Gasteiger partial charge in [-0.05, 0) is 18.8 Å². The highest BCUT2D eigenvalue weighted by Gasteiger charge is 2.32. The second-order valence-corrected chi connectivity index (χ2v) is 7.83. The highest BCUT2D eigenvalue weighted by atomic mass is 16.4. The third-order valence-corrected chi connectivity index (χ3v) is 4.56. The Morgan fingerprint density at radius 1 is 0.735 bits per heavy atom. The minimum atomic E-state index is -1.70. The van der Waals surface area contributed by atoms with Gasteiger partial charge in [-0.3, -0.25) is 28.8 Å². The smallest absolute Gasteiger partial charge is 0.326 e. The van der Waals surface area contributed by atoms with Crippen LogP contribution in [0.5, 0.6) is 0 Å². The van der Waals surface area contributed by atoms with Gasteiger partial charge in [0, 0.05) is 12.8 Å². The van der Waals surface area contributed by atoms with E-state index in [0.717, 1.165) is 0 Å². The van der Waals surface area contributed by atoms with E-state index in [-0.39, 0.29) is 19.3 Å². The maximum Gasteiger partial charge on any atom is 0.326 e. The van der Waals surface area contributed by atoms with Gasteiger partial charge in [0.1, 0.15) is 18.1 Å². The lowest BCUT2D eigenvalue weighted by molar-refractivity contribution is -0.144. The summed E-state index contributed by atoms with van der Waals surface area (Å²) in [6.45, 7) is 3.06. The Morgan fingerprint density at radius 3 is 1.71 bits per heavy atom. The number of nitrogens with two attached hydrogens (primary N) is 2. The summed E-state index contributed by atoms with van der Waals surface area (Å²) < 4.78 is 0. The van der Waals surface area contributed by atoms with Crippen LogP contribution in [-0.2, 0) is 33.6 Å². The molecule has 0 spiro atoms. The number of carboxylic acids is 3. The van der Waals surface area contributed by atoms with Gasteiger partial charge in [0.2, 0.25) is 23.6 Å². The van der Waals surface area contributed by atoms with Crippen LogP contribution in [0.3, 0.4) is 0 Å². The molecule has 15 nitrogen and oxygen atoms in total. The van der Waals surface area contributed by atoms with Crippen LogP contribution in [0.25, 0.3) is 0 Å². The number of rotatable bonds is 16. The number of hydrogen-bond donors (Lipinski definition) is 8. The minimum absolute atomic E-state index is 0.280. The standard InChI is InChI=1S/C19H31N5O10/c1-8(2)15(19(33)34)24-17(31)10(4-5-12(21)25)22-18(32)11(7-14(28)29)23-16(30)9(20)3-6-13(26)27/h8-11,15H,3-7,20H2,1-2H3,(H2,21,25)(H,22,32)(H,23,30)(H,24,31)(H,26,27)(H,28,29)(H,33,34). The van der Waals surface area contributed by atoms with Crippen molar-refractivity contribution in [2.75, 3.05) is 0 Å². The topological polar surface area (TPSA) is 268 Å². The molecule has 10 N–H and O–H groups in total. The normalized spacial score (nSPS) is 14.2. The molecule has 0 heterocycles. The van der Waals surface area contributed by atoms with Crippen molar-refractivity contribution in [3.63, 3.8) is 0 Å². The van der Waals surface area contributed by atoms with Gasteiger partial charge in [-0.15, -0.1) is 0 Å². The fraction of sp³-hybridized carbons (Fsp3) is 0.632. The number of hydrogen-bond acceptors (Lipinski definition) is 8. The number of carbonyl (C=O) groups excluding carboxylic acids is 4. The van der Waals surface area contributed by atoms with E-state index >= 15 is 0 Å². The summed E-state index contributed by atoms with van der Waals surface area (Å²) in [6.07, 6.45) is -2.33. The third kappa shape index (κ3) is 11.8. The Morgan fingerprint density at radius 2 is 1.26 bits per heavy atom. The largest absolute Gasteiger partial charge is 0.481 e. The van der Waals surface area contributed by atoms with Crippen molar-refractivity contribution in [2.45, 2.75) is 70.1 Å². The van der Waals surface area contributed by atoms with Gasteiger partial charge in [-0.25, -0.2) is 4.79 Å². The lowest BCUT2D eigenvalue weighted by Crippen LogP contribution is -2.58. The van der Waals surface area contributed by atoms with Crippen LogP contribution in [-0.4, -0.2) is 81.0 Å². The Bertz CT molecular complexity index is 800. The number of carbonyl (C=O) groups is 7. The third-order valence-electron chi connectivity index (χ3n) is 4.56. The summed E-state index contributed by atoms with van der Waals surface area (Å²) >= 11 is 0. The zero-order chi connectivity index (χ0) is 26.6. The maximum atomic E-state index is 12.7. The van der Waals surface area contributed by atoms with Crippen LogP contribution in [0.15, 0.2) is 0 Å². The SMILES string of the molecule is CC(C)C(NC(=O)C(CCC(N)=O)NC(=O)C(CC(=O)O)NC(=O)C(N)CCC(=O)O)C(=O)O. The molecule has 0 bridgehead atoms. The fourth-order valence-electron chi connectivity index (χ4n) is 2.67. The van der Waals surface area contributed by atoms with Gasteiger partial charge in [0.25, 0.3) is 0 Å². The molecule has 4 atom stereocenters. The van der Waals surface area contributed by atoms with Gasteiger partial charge >= 0.3 is 17.9 Å². The fourth-order valence-corrected chi connectivity index (χ4v) is 2.67. The molecule has 0 saturated carbocycles. The molecule has 4 amide bonds. The second kappa shape index (κ2) is 14.4. The summed E-state index contributed by atoms with van der Waals surface area (Å²) in [5.74, 6) is -8.46. The molecule has 0 aliphatic carbocycles. The summed E-state index contributed by atoms with van der Waals surface area (Å²) in [5, 5.41) is 33.5. The van der Waals surface area contributed by atoms with E-state index in [0.29, 0.717) is 0 Å². The molecular weight excluding hydrogens is 458 g/mol. The molecule has 15 heteroatoms. The van der Waals surface area contributed by atoms with Crippen molar-refractivity contribution in [1.82, 2.24) is 16.0 Å². The zero-order valence-corrected chi connectivity index (χ0v) is 18.8. The molecule has 0 rings (SSSR count). The van der Waals surface area contributed by atoms with Crippen LogP contribution >= 0.6 is 0 Å². The molecule has 0 fully saturated rings. The van der Waals surface area contributed by atoms with Crippen LogP contribution < -0.4 is 27.4 Å². The monoisotopic (exact) mass is 489 g/mol. The molecule has 0 aromatic rings. The Labute approximate surface area is 194 Å². The van der Waals surface area contributed by atoms with Crippen LogP contribution in [0.2, 0.25) is 0 Å². The van der Waals surface area contributed by atoms with E-state index in [4.69, 9.17) is 21.7 Å². The summed E-state index contributed by atoms with van der Waals surface area (Å²) in [4.78, 5) is 81.8. The van der Waals surface area contributed by atoms with Crippen molar-refractivity contribution in [3.8, 4) is 0 Å². The van der Waals surface area contributed by atoms with Crippen molar-refractivity contribution < 1.29 is 48.9 Å². The first-order valence-corrected chi connectivity index (χ1v) is 10.3. The van der Waals surface area contributed by atoms with Gasteiger partial charge in [0.05, 0.1) is 12.5 Å². The van der Waals surface area contributed by atoms with Gasteiger partial charge in [-0.1, -0.05) is 13.8 Å². The second-order valence-electron chi connectivity index (χ2n) is 7.83. The van der Waals surface area contributed by atoms with E-state index < -0.39 is 84.5 Å². The summed E-state index contributed by atoms with van der Waals surface area (Å²) in [5.41, 5.74) is 10.6. The highest BCUT2D eigenvalue weighted by molar-refractivity contribution is 5.95. The first kappa shape index (κ1) is 30.2. The molecule has 0 aromatic carbocycles. The Kier molecular flexibility index (Phi) is 12.8. The van der Waals surface area contributed by atoms with E-state index in [2.05, 4.69) is 16.0 Å². The predicted molar refractivity (Wildman–Crippen MR) is 114 cm³/mol. The number of nitrogens with one attached hydrogen (secondary N) is 3. The molecule has 0 aliphatic heterocycles. The molecule has 4 unspecified atom stereocenters. The Hall–Kier alpha value is -3.75. The molecule has 0 saturated heterocycles. The number of aliphatic carboxylic acids is 3. The van der Waals surface area contributed by atoms with Crippen molar-refractivity contribution in [1.29, 1.82) is 0 Å². The molecule has 34 heavy (non-hydrogen) atoms. The first-order valence-electron chi connectivity index (χ1n) is 10.3. The lowest BCUT2D eigenvalue weighted by Gasteiger charge is -2.25. The number of carboxylic acid groups (broad SMARTS) is 3. The quantitative estimate of drug-likeness (QED) is 0.109. The Balaban J connectivity index is 5.56. The van der Waals surface area contributed by atoms with Crippen molar-refractivity contribution >= 4 is 41.5 Å².